The molecule has 1 aromatic carbocycles. The average Bonchev–Trinajstić information content (AvgIpc) is 3.36. The van der Waals surface area contributed by atoms with E-state index in [-0.39, 0.29) is 17.9 Å². The topological polar surface area (TPSA) is 109 Å². The van der Waals surface area contributed by atoms with Gasteiger partial charge in [0.2, 0.25) is 5.89 Å². The molecule has 29 heavy (non-hydrogen) atoms. The smallest absolute Gasteiger partial charge is 0.320 e. The van der Waals surface area contributed by atoms with Gasteiger partial charge in [0.15, 0.2) is 0 Å². The van der Waals surface area contributed by atoms with E-state index in [1.54, 1.807) is 19.0 Å². The number of likely N-dealkylation sites (tertiary alicyclic amines) is 2. The number of amides is 3. The number of carbonyl (C=O) groups is 2. The summed E-state index contributed by atoms with van der Waals surface area (Å²) >= 11 is 0. The molecule has 154 valence electrons. The molecule has 3 amide bonds. The van der Waals surface area contributed by atoms with Crippen LogP contribution in [0.4, 0.5) is 4.79 Å². The van der Waals surface area contributed by atoms with Gasteiger partial charge in [0.25, 0.3) is 11.7 Å². The van der Waals surface area contributed by atoms with Gasteiger partial charge in [-0.2, -0.15) is 4.98 Å². The van der Waals surface area contributed by atoms with Gasteiger partial charge >= 0.3 is 6.03 Å². The number of benzene rings is 1. The fourth-order valence-electron chi connectivity index (χ4n) is 4.65. The first-order valence-electron chi connectivity index (χ1n) is 9.73. The van der Waals surface area contributed by atoms with Crippen LogP contribution in [0.2, 0.25) is 0 Å². The summed E-state index contributed by atoms with van der Waals surface area (Å²) in [5, 5.41) is 3.61. The Morgan fingerprint density at radius 1 is 1.24 bits per heavy atom. The van der Waals surface area contributed by atoms with Gasteiger partial charge in [-0.3, -0.25) is 9.69 Å². The summed E-state index contributed by atoms with van der Waals surface area (Å²) in [6, 6.07) is 8.35. The number of aromatic nitrogens is 2. The predicted octanol–water partition coefficient (Wildman–Crippen LogP) is 1.26. The number of primary amides is 1. The number of hydrogen-bond donors (Lipinski definition) is 1. The highest BCUT2D eigenvalue weighted by atomic mass is 16.5. The van der Waals surface area contributed by atoms with E-state index in [2.05, 4.69) is 34.1 Å². The third-order valence-corrected chi connectivity index (χ3v) is 5.92. The molecular weight excluding hydrogens is 372 g/mol. The van der Waals surface area contributed by atoms with Gasteiger partial charge in [-0.15, -0.1) is 0 Å². The minimum Gasteiger partial charge on any atom is -0.363 e. The van der Waals surface area contributed by atoms with Crippen LogP contribution in [0.5, 0.6) is 0 Å². The molecule has 2 aromatic rings. The highest BCUT2D eigenvalue weighted by molar-refractivity contribution is 5.88. The quantitative estimate of drug-likeness (QED) is 0.831. The Kier molecular flexibility index (Phi) is 4.99. The van der Waals surface area contributed by atoms with Crippen LogP contribution in [-0.2, 0) is 6.54 Å². The molecule has 9 heteroatoms. The summed E-state index contributed by atoms with van der Waals surface area (Å²) in [7, 11) is 3.59. The molecule has 0 unspecified atom stereocenters. The Morgan fingerprint density at radius 2 is 2.00 bits per heavy atom. The van der Waals surface area contributed by atoms with Gasteiger partial charge in [0.1, 0.15) is 0 Å². The molecular formula is C20H26N6O3. The molecule has 0 bridgehead atoms. The zero-order valence-corrected chi connectivity index (χ0v) is 16.9. The Balaban J connectivity index is 1.56. The van der Waals surface area contributed by atoms with Crippen molar-refractivity contribution in [3.63, 3.8) is 0 Å². The first-order chi connectivity index (χ1) is 13.8. The minimum absolute atomic E-state index is 0.0324. The first-order valence-corrected chi connectivity index (χ1v) is 9.73. The molecule has 1 aromatic heterocycles. The van der Waals surface area contributed by atoms with Crippen LogP contribution in [0.25, 0.3) is 0 Å². The van der Waals surface area contributed by atoms with Crippen molar-refractivity contribution in [2.24, 2.45) is 17.6 Å². The van der Waals surface area contributed by atoms with E-state index in [1.807, 2.05) is 17.0 Å². The van der Waals surface area contributed by atoms with Crippen molar-refractivity contribution in [2.45, 2.75) is 19.5 Å². The van der Waals surface area contributed by atoms with Gasteiger partial charge in [-0.1, -0.05) is 29.4 Å². The summed E-state index contributed by atoms with van der Waals surface area (Å²) in [5.74, 6) is 0.267. The summed E-state index contributed by atoms with van der Waals surface area (Å²) in [5.41, 5.74) is 7.59. The predicted molar refractivity (Wildman–Crippen MR) is 105 cm³/mol. The van der Waals surface area contributed by atoms with E-state index in [1.165, 1.54) is 11.1 Å². The average molecular weight is 398 g/mol. The molecule has 0 spiro atoms. The normalized spacial score (nSPS) is 24.0. The fraction of sp³-hybridized carbons (Fsp3) is 0.500. The highest BCUT2D eigenvalue weighted by Crippen LogP contribution is 2.46. The van der Waals surface area contributed by atoms with Crippen LogP contribution in [0.1, 0.15) is 33.7 Å². The Morgan fingerprint density at radius 3 is 2.66 bits per heavy atom. The number of urea groups is 1. The monoisotopic (exact) mass is 398 g/mol. The van der Waals surface area contributed by atoms with Crippen molar-refractivity contribution < 1.29 is 14.1 Å². The lowest BCUT2D eigenvalue weighted by molar-refractivity contribution is 0.0987. The Labute approximate surface area is 169 Å². The van der Waals surface area contributed by atoms with Crippen LogP contribution in [-0.4, -0.2) is 70.5 Å². The molecule has 2 saturated heterocycles. The first kappa shape index (κ1) is 19.4. The molecule has 0 radical (unpaired) electrons. The van der Waals surface area contributed by atoms with Gasteiger partial charge in [0.05, 0.1) is 12.6 Å². The molecule has 0 saturated carbocycles. The fourth-order valence-corrected chi connectivity index (χ4v) is 4.65. The Bertz CT molecular complexity index is 926. The number of carbonyl (C=O) groups excluding carboxylic acids is 2. The SMILES string of the molecule is Cc1ccccc1[C@H]1[C@@H]2CN(Cc3nc(C(N)=O)no3)C[C@@H]2CN1C(=O)N(C)C. The summed E-state index contributed by atoms with van der Waals surface area (Å²) in [4.78, 5) is 34.0. The third-order valence-electron chi connectivity index (χ3n) is 5.92. The van der Waals surface area contributed by atoms with Crippen LogP contribution < -0.4 is 5.73 Å². The van der Waals surface area contributed by atoms with E-state index in [4.69, 9.17) is 10.3 Å². The lowest BCUT2D eigenvalue weighted by Crippen LogP contribution is -2.41. The second kappa shape index (κ2) is 7.47. The molecule has 2 aliphatic heterocycles. The van der Waals surface area contributed by atoms with Gasteiger partial charge in [-0.25, -0.2) is 4.79 Å². The van der Waals surface area contributed by atoms with Crippen molar-refractivity contribution in [1.82, 2.24) is 24.8 Å². The van der Waals surface area contributed by atoms with Gasteiger partial charge < -0.3 is 20.1 Å². The van der Waals surface area contributed by atoms with Crippen molar-refractivity contribution in [3.8, 4) is 0 Å². The standard InChI is InChI=1S/C20H26N6O3/c1-12-6-4-5-7-14(12)17-15-10-25(11-16-22-19(18(21)27)23-29-16)8-13(15)9-26(17)20(28)24(2)3/h4-7,13,15,17H,8-11H2,1-3H3,(H2,21,27)/t13-,15-,17+/m1/s1. The molecule has 2 fully saturated rings. The number of fused-ring (bicyclic) bond motifs is 1. The van der Waals surface area contributed by atoms with Crippen molar-refractivity contribution in [2.75, 3.05) is 33.7 Å². The van der Waals surface area contributed by atoms with E-state index in [0.29, 0.717) is 30.8 Å². The number of hydrogen-bond acceptors (Lipinski definition) is 6. The molecule has 2 aliphatic rings. The molecule has 3 atom stereocenters. The minimum atomic E-state index is -0.698. The zero-order valence-electron chi connectivity index (χ0n) is 16.9. The summed E-state index contributed by atoms with van der Waals surface area (Å²) in [6.45, 7) is 4.92. The molecule has 2 N–H and O–H groups in total. The van der Waals surface area contributed by atoms with Crippen LogP contribution >= 0.6 is 0 Å². The highest BCUT2D eigenvalue weighted by Gasteiger charge is 2.49. The van der Waals surface area contributed by atoms with Crippen LogP contribution in [0.15, 0.2) is 28.8 Å². The van der Waals surface area contributed by atoms with E-state index >= 15 is 0 Å². The third kappa shape index (κ3) is 3.57. The maximum Gasteiger partial charge on any atom is 0.320 e. The second-order valence-electron chi connectivity index (χ2n) is 8.12. The zero-order chi connectivity index (χ0) is 20.7. The molecule has 0 aliphatic carbocycles. The lowest BCUT2D eigenvalue weighted by atomic mass is 9.88. The number of aryl methyl sites for hydroxylation is 1. The van der Waals surface area contributed by atoms with Crippen LogP contribution in [0.3, 0.4) is 0 Å². The number of rotatable bonds is 4. The van der Waals surface area contributed by atoms with E-state index in [0.717, 1.165) is 13.1 Å². The van der Waals surface area contributed by atoms with Gasteiger partial charge in [-0.05, 0) is 24.0 Å². The van der Waals surface area contributed by atoms with Crippen molar-refractivity contribution >= 4 is 11.9 Å². The lowest BCUT2D eigenvalue weighted by Gasteiger charge is -2.32. The van der Waals surface area contributed by atoms with Gasteiger partial charge in [0, 0.05) is 39.6 Å². The second-order valence-corrected chi connectivity index (χ2v) is 8.12. The van der Waals surface area contributed by atoms with Crippen molar-refractivity contribution in [1.29, 1.82) is 0 Å². The molecule has 3 heterocycles. The van der Waals surface area contributed by atoms with E-state index < -0.39 is 5.91 Å². The summed E-state index contributed by atoms with van der Waals surface area (Å²) < 4.78 is 5.16. The number of nitrogens with two attached hydrogens (primary N) is 1. The Hall–Kier alpha value is -2.94. The van der Waals surface area contributed by atoms with E-state index in [9.17, 15) is 9.59 Å². The molecule has 9 nitrogen and oxygen atoms in total. The maximum absolute atomic E-state index is 12.9. The maximum atomic E-state index is 12.9. The van der Waals surface area contributed by atoms with Crippen LogP contribution in [0, 0.1) is 18.8 Å². The molecule has 4 rings (SSSR count). The van der Waals surface area contributed by atoms with Crippen molar-refractivity contribution in [3.05, 3.63) is 47.1 Å². The summed E-state index contributed by atoms with van der Waals surface area (Å²) in [6.07, 6.45) is 0. The largest absolute Gasteiger partial charge is 0.363 e. The number of nitrogens with zero attached hydrogens (tertiary/aromatic N) is 5.